The van der Waals surface area contributed by atoms with Gasteiger partial charge in [-0.3, -0.25) is 14.0 Å². The maximum absolute atomic E-state index is 13.6. The summed E-state index contributed by atoms with van der Waals surface area (Å²) < 4.78 is 3.56. The van der Waals surface area contributed by atoms with Crippen LogP contribution in [-0.4, -0.2) is 47.8 Å². The topological polar surface area (TPSA) is 72.5 Å². The monoisotopic (exact) mass is 489 g/mol. The van der Waals surface area contributed by atoms with Gasteiger partial charge in [0, 0.05) is 12.6 Å². The van der Waals surface area contributed by atoms with Gasteiger partial charge in [-0.15, -0.1) is 10.2 Å². The molecule has 2 aromatic heterocycles. The highest BCUT2D eigenvalue weighted by atomic mass is 32.2. The summed E-state index contributed by atoms with van der Waals surface area (Å²) in [4.78, 5) is 29.1. The van der Waals surface area contributed by atoms with Gasteiger partial charge in [-0.25, -0.2) is 4.57 Å². The Morgan fingerprint density at radius 3 is 2.74 bits per heavy atom. The first-order valence-electron chi connectivity index (χ1n) is 12.3. The molecule has 8 heteroatoms. The van der Waals surface area contributed by atoms with Gasteiger partial charge >= 0.3 is 0 Å². The summed E-state index contributed by atoms with van der Waals surface area (Å²) in [5.74, 6) is 0.597. The Morgan fingerprint density at radius 1 is 1.14 bits per heavy atom. The van der Waals surface area contributed by atoms with E-state index in [9.17, 15) is 9.59 Å². The maximum atomic E-state index is 13.6. The minimum atomic E-state index is -0.311. The minimum Gasteiger partial charge on any atom is -0.339 e. The molecule has 35 heavy (non-hydrogen) atoms. The second kappa shape index (κ2) is 9.49. The molecule has 1 aliphatic rings. The van der Waals surface area contributed by atoms with Crippen molar-refractivity contribution in [3.8, 4) is 5.69 Å². The summed E-state index contributed by atoms with van der Waals surface area (Å²) in [6.45, 7) is 8.91. The standard InChI is InChI=1S/C27H31N5O2S/c1-5-20-10-8-9-15-30(20)24(33)19(4)35-27-29-28-26-31(23-16-17(2)13-14-18(23)3)25(34)21-11-6-7-12-22(21)32(26)27/h6-7,11-14,16,19-20H,5,8-10,15H2,1-4H3. The number of aryl methyl sites for hydroxylation is 2. The summed E-state index contributed by atoms with van der Waals surface area (Å²) in [6.07, 6.45) is 4.28. The van der Waals surface area contributed by atoms with Crippen LogP contribution in [0.25, 0.3) is 22.4 Å². The van der Waals surface area contributed by atoms with Gasteiger partial charge in [0.05, 0.1) is 21.8 Å². The third-order valence-electron chi connectivity index (χ3n) is 7.01. The van der Waals surface area contributed by atoms with E-state index in [2.05, 4.69) is 22.0 Å². The number of hydrogen-bond acceptors (Lipinski definition) is 5. The Morgan fingerprint density at radius 2 is 1.94 bits per heavy atom. The van der Waals surface area contributed by atoms with E-state index in [0.717, 1.165) is 48.1 Å². The first kappa shape index (κ1) is 23.6. The summed E-state index contributed by atoms with van der Waals surface area (Å²) in [6, 6.07) is 13.9. The molecule has 5 rings (SSSR count). The van der Waals surface area contributed by atoms with Gasteiger partial charge in [0.2, 0.25) is 11.7 Å². The lowest BCUT2D eigenvalue weighted by atomic mass is 10.00. The molecule has 1 amide bonds. The van der Waals surface area contributed by atoms with E-state index >= 15 is 0 Å². The second-order valence-corrected chi connectivity index (χ2v) is 10.7. The van der Waals surface area contributed by atoms with E-state index in [-0.39, 0.29) is 16.7 Å². The van der Waals surface area contributed by atoms with Gasteiger partial charge in [0.1, 0.15) is 0 Å². The highest BCUT2D eigenvalue weighted by molar-refractivity contribution is 8.00. The van der Waals surface area contributed by atoms with Crippen molar-refractivity contribution in [2.24, 2.45) is 0 Å². The lowest BCUT2D eigenvalue weighted by molar-refractivity contribution is -0.134. The molecule has 0 aliphatic carbocycles. The zero-order chi connectivity index (χ0) is 24.7. The number of amides is 1. The van der Waals surface area contributed by atoms with Crippen molar-refractivity contribution in [1.82, 2.24) is 24.1 Å². The van der Waals surface area contributed by atoms with E-state index in [1.54, 1.807) is 4.57 Å². The lowest BCUT2D eigenvalue weighted by Gasteiger charge is -2.36. The van der Waals surface area contributed by atoms with E-state index in [1.807, 2.05) is 67.6 Å². The van der Waals surface area contributed by atoms with Crippen molar-refractivity contribution in [1.29, 1.82) is 0 Å². The molecule has 0 radical (unpaired) electrons. The number of benzene rings is 2. The number of carbonyl (C=O) groups is 1. The van der Waals surface area contributed by atoms with Crippen LogP contribution in [-0.2, 0) is 4.79 Å². The Hall–Kier alpha value is -3.13. The molecular weight excluding hydrogens is 458 g/mol. The third kappa shape index (κ3) is 4.14. The number of fused-ring (bicyclic) bond motifs is 3. The molecule has 0 saturated carbocycles. The molecule has 2 aromatic carbocycles. The van der Waals surface area contributed by atoms with Crippen LogP contribution in [0.2, 0.25) is 0 Å². The summed E-state index contributed by atoms with van der Waals surface area (Å²) in [5.41, 5.74) is 3.44. The zero-order valence-corrected chi connectivity index (χ0v) is 21.5. The van der Waals surface area contributed by atoms with Crippen LogP contribution in [0.5, 0.6) is 0 Å². The predicted octanol–water partition coefficient (Wildman–Crippen LogP) is 4.92. The fraction of sp³-hybridized carbons (Fsp3) is 0.407. The van der Waals surface area contributed by atoms with Gasteiger partial charge in [0.15, 0.2) is 5.16 Å². The normalized spacial score (nSPS) is 17.3. The minimum absolute atomic E-state index is 0.131. The van der Waals surface area contributed by atoms with E-state index in [4.69, 9.17) is 0 Å². The first-order chi connectivity index (χ1) is 16.9. The molecule has 1 fully saturated rings. The van der Waals surface area contributed by atoms with Crippen molar-refractivity contribution >= 4 is 34.3 Å². The number of carbonyl (C=O) groups excluding carboxylic acids is 1. The van der Waals surface area contributed by atoms with Crippen LogP contribution in [0, 0.1) is 13.8 Å². The molecule has 1 aliphatic heterocycles. The molecule has 2 unspecified atom stereocenters. The smallest absolute Gasteiger partial charge is 0.267 e. The van der Waals surface area contributed by atoms with Gasteiger partial charge < -0.3 is 4.90 Å². The number of nitrogens with zero attached hydrogens (tertiary/aromatic N) is 5. The fourth-order valence-electron chi connectivity index (χ4n) is 5.09. The lowest BCUT2D eigenvalue weighted by Crippen LogP contribution is -2.46. The molecule has 1 saturated heterocycles. The van der Waals surface area contributed by atoms with Crippen LogP contribution in [0.3, 0.4) is 0 Å². The van der Waals surface area contributed by atoms with E-state index < -0.39 is 0 Å². The van der Waals surface area contributed by atoms with Crippen LogP contribution in [0.15, 0.2) is 52.4 Å². The predicted molar refractivity (Wildman–Crippen MR) is 141 cm³/mol. The average Bonchev–Trinajstić information content (AvgIpc) is 3.28. The number of aromatic nitrogens is 4. The fourth-order valence-corrected chi connectivity index (χ4v) is 6.02. The van der Waals surface area contributed by atoms with Crippen LogP contribution in [0.4, 0.5) is 0 Å². The Bertz CT molecular complexity index is 1470. The number of thioether (sulfide) groups is 1. The highest BCUT2D eigenvalue weighted by Gasteiger charge is 2.30. The van der Waals surface area contributed by atoms with Gasteiger partial charge in [0.25, 0.3) is 5.56 Å². The van der Waals surface area contributed by atoms with Gasteiger partial charge in [-0.05, 0) is 75.8 Å². The van der Waals surface area contributed by atoms with Crippen molar-refractivity contribution < 1.29 is 4.79 Å². The summed E-state index contributed by atoms with van der Waals surface area (Å²) in [5, 5.41) is 9.83. The summed E-state index contributed by atoms with van der Waals surface area (Å²) >= 11 is 1.41. The molecule has 182 valence electrons. The van der Waals surface area contributed by atoms with Gasteiger partial charge in [-0.2, -0.15) is 0 Å². The number of hydrogen-bond donors (Lipinski definition) is 0. The quantitative estimate of drug-likeness (QED) is 0.372. The van der Waals surface area contributed by atoms with Crippen molar-refractivity contribution in [2.75, 3.05) is 6.54 Å². The van der Waals surface area contributed by atoms with Crippen LogP contribution >= 0.6 is 11.8 Å². The number of piperidine rings is 1. The second-order valence-electron chi connectivity index (χ2n) is 9.42. The third-order valence-corrected chi connectivity index (χ3v) is 8.04. The van der Waals surface area contributed by atoms with Crippen LogP contribution in [0.1, 0.15) is 50.7 Å². The van der Waals surface area contributed by atoms with Crippen molar-refractivity contribution in [3.63, 3.8) is 0 Å². The molecule has 4 aromatic rings. The Balaban J connectivity index is 1.63. The zero-order valence-electron chi connectivity index (χ0n) is 20.7. The van der Waals surface area contributed by atoms with E-state index in [0.29, 0.717) is 22.4 Å². The van der Waals surface area contributed by atoms with Crippen LogP contribution < -0.4 is 5.56 Å². The van der Waals surface area contributed by atoms with Crippen molar-refractivity contribution in [3.05, 3.63) is 63.9 Å². The maximum Gasteiger partial charge on any atom is 0.267 e. The molecule has 7 nitrogen and oxygen atoms in total. The van der Waals surface area contributed by atoms with Gasteiger partial charge in [-0.1, -0.05) is 43.0 Å². The Labute approximate surface area is 209 Å². The Kier molecular flexibility index (Phi) is 6.40. The largest absolute Gasteiger partial charge is 0.339 e. The molecule has 0 bridgehead atoms. The molecule has 0 spiro atoms. The first-order valence-corrected chi connectivity index (χ1v) is 13.2. The number of rotatable bonds is 5. The molecule has 3 heterocycles. The SMILES string of the molecule is CCC1CCCCN1C(=O)C(C)Sc1nnc2n(-c3cc(C)ccc3C)c(=O)c3ccccc3n12. The molecule has 0 N–H and O–H groups in total. The van der Waals surface area contributed by atoms with Crippen molar-refractivity contribution in [2.45, 2.75) is 69.8 Å². The molecular formula is C27H31N5O2S. The average molecular weight is 490 g/mol. The summed E-state index contributed by atoms with van der Waals surface area (Å²) in [7, 11) is 0. The van der Waals surface area contributed by atoms with E-state index in [1.165, 1.54) is 18.2 Å². The number of para-hydroxylation sites is 1. The molecule has 2 atom stereocenters. The number of likely N-dealkylation sites (tertiary alicyclic amines) is 1. The highest BCUT2D eigenvalue weighted by Crippen LogP contribution is 2.29.